The lowest BCUT2D eigenvalue weighted by molar-refractivity contribution is 0.190. The lowest BCUT2D eigenvalue weighted by Crippen LogP contribution is -2.25. The fraction of sp³-hybridized carbons (Fsp3) is 0.750. The van der Waals surface area contributed by atoms with Crippen molar-refractivity contribution in [3.05, 3.63) is 11.9 Å². The van der Waals surface area contributed by atoms with Crippen LogP contribution in [0.3, 0.4) is 0 Å². The molecule has 0 saturated carbocycles. The van der Waals surface area contributed by atoms with Crippen LogP contribution in [0.4, 0.5) is 5.95 Å². The number of rotatable bonds is 7. The second-order valence-corrected chi connectivity index (χ2v) is 7.24. The van der Waals surface area contributed by atoms with E-state index in [1.165, 1.54) is 6.26 Å². The third-order valence-corrected chi connectivity index (χ3v) is 3.75. The second kappa shape index (κ2) is 6.38. The average Bonchev–Trinajstić information content (AvgIpc) is 2.57. The minimum atomic E-state index is -3.02. The number of anilines is 1. The van der Waals surface area contributed by atoms with Crippen LogP contribution in [0.25, 0.3) is 0 Å². The van der Waals surface area contributed by atoms with Crippen molar-refractivity contribution < 1.29 is 13.2 Å². The molecule has 0 aliphatic rings. The molecule has 7 heteroatoms. The van der Waals surface area contributed by atoms with E-state index in [0.29, 0.717) is 12.6 Å². The summed E-state index contributed by atoms with van der Waals surface area (Å²) in [6.45, 7) is 6.30. The van der Waals surface area contributed by atoms with Gasteiger partial charge in [-0.1, -0.05) is 0 Å². The van der Waals surface area contributed by atoms with Crippen molar-refractivity contribution in [2.45, 2.75) is 32.9 Å². The zero-order chi connectivity index (χ0) is 14.6. The van der Waals surface area contributed by atoms with Crippen molar-refractivity contribution in [3.63, 3.8) is 0 Å². The van der Waals surface area contributed by atoms with E-state index in [9.17, 15) is 8.42 Å². The predicted molar refractivity (Wildman–Crippen MR) is 76.3 cm³/mol. The quantitative estimate of drug-likeness (QED) is 0.817. The van der Waals surface area contributed by atoms with E-state index in [1.54, 1.807) is 7.11 Å². The smallest absolute Gasteiger partial charge is 0.203 e. The molecule has 1 aromatic rings. The maximum absolute atomic E-state index is 11.4. The molecular formula is C12H23N3O3S. The Bertz CT molecular complexity index is 510. The largest absolute Gasteiger partial charge is 0.383 e. The molecule has 1 aromatic heterocycles. The summed E-state index contributed by atoms with van der Waals surface area (Å²) in [6, 6.07) is -0.0515. The zero-order valence-corrected chi connectivity index (χ0v) is 13.0. The number of hydrogen-bond acceptors (Lipinski definition) is 5. The first-order chi connectivity index (χ1) is 8.73. The number of hydrogen-bond donors (Lipinski definition) is 1. The molecule has 1 rings (SSSR count). The number of ether oxygens (including phenoxy) is 1. The highest BCUT2D eigenvalue weighted by Crippen LogP contribution is 2.18. The van der Waals surface area contributed by atoms with Crippen LogP contribution in [-0.2, 0) is 14.6 Å². The first kappa shape index (κ1) is 16.0. The molecule has 0 aliphatic heterocycles. The highest BCUT2D eigenvalue weighted by Gasteiger charge is 2.17. The zero-order valence-electron chi connectivity index (χ0n) is 12.2. The normalized spacial score (nSPS) is 15.2. The van der Waals surface area contributed by atoms with Gasteiger partial charge in [0.25, 0.3) is 0 Å². The molecule has 6 nitrogen and oxygen atoms in total. The molecule has 19 heavy (non-hydrogen) atoms. The maximum atomic E-state index is 11.4. The summed E-state index contributed by atoms with van der Waals surface area (Å²) in [5, 5.41) is 3.23. The number of nitrogens with zero attached hydrogens (tertiary/aromatic N) is 2. The predicted octanol–water partition coefficient (Wildman–Crippen LogP) is 1.24. The van der Waals surface area contributed by atoms with E-state index < -0.39 is 9.84 Å². The lowest BCUT2D eigenvalue weighted by Gasteiger charge is -2.19. The summed E-state index contributed by atoms with van der Waals surface area (Å²) < 4.78 is 29.7. The molecule has 0 spiro atoms. The number of aromatic nitrogens is 2. The Morgan fingerprint density at radius 1 is 1.47 bits per heavy atom. The van der Waals surface area contributed by atoms with E-state index in [4.69, 9.17) is 4.74 Å². The summed E-state index contributed by atoms with van der Waals surface area (Å²) in [6.07, 6.45) is 3.10. The maximum Gasteiger partial charge on any atom is 0.203 e. The second-order valence-electron chi connectivity index (χ2n) is 5.06. The average molecular weight is 289 g/mol. The Kier molecular flexibility index (Phi) is 5.37. The molecule has 0 amide bonds. The number of sulfone groups is 1. The molecule has 0 bridgehead atoms. The molecule has 1 N–H and O–H groups in total. The summed E-state index contributed by atoms with van der Waals surface area (Å²) >= 11 is 0. The van der Waals surface area contributed by atoms with Crippen molar-refractivity contribution in [1.82, 2.24) is 9.55 Å². The van der Waals surface area contributed by atoms with Crippen LogP contribution < -0.4 is 5.32 Å². The third kappa shape index (κ3) is 5.20. The first-order valence-electron chi connectivity index (χ1n) is 6.21. The summed E-state index contributed by atoms with van der Waals surface area (Å²) in [7, 11) is -1.38. The Morgan fingerprint density at radius 2 is 2.11 bits per heavy atom. The Balaban J connectivity index is 2.89. The molecule has 1 heterocycles. The van der Waals surface area contributed by atoms with Gasteiger partial charge in [0.15, 0.2) is 0 Å². The number of aryl methyl sites for hydroxylation is 1. The number of imidazole rings is 1. The highest BCUT2D eigenvalue weighted by atomic mass is 32.2. The van der Waals surface area contributed by atoms with Crippen LogP contribution >= 0.6 is 0 Å². The summed E-state index contributed by atoms with van der Waals surface area (Å²) in [5.41, 5.74) is 0.854. The van der Waals surface area contributed by atoms with Crippen molar-refractivity contribution in [3.8, 4) is 0 Å². The van der Waals surface area contributed by atoms with Crippen LogP contribution in [0.1, 0.15) is 25.6 Å². The molecule has 2 unspecified atom stereocenters. The number of nitrogens with one attached hydrogen (secondary N) is 1. The summed E-state index contributed by atoms with van der Waals surface area (Å²) in [4.78, 5) is 4.39. The fourth-order valence-electron chi connectivity index (χ4n) is 1.99. The van der Waals surface area contributed by atoms with Crippen molar-refractivity contribution in [2.24, 2.45) is 0 Å². The molecule has 0 radical (unpaired) electrons. The van der Waals surface area contributed by atoms with Gasteiger partial charge in [-0.15, -0.1) is 0 Å². The summed E-state index contributed by atoms with van der Waals surface area (Å²) in [5.74, 6) is 0.772. The van der Waals surface area contributed by atoms with E-state index in [1.807, 2.05) is 31.5 Å². The highest BCUT2D eigenvalue weighted by molar-refractivity contribution is 7.90. The SMILES string of the molecule is COCC(C)Nc1nc(C)cn1C(C)CS(C)(=O)=O. The third-order valence-electron chi connectivity index (χ3n) is 2.66. The minimum Gasteiger partial charge on any atom is -0.383 e. The van der Waals surface area contributed by atoms with E-state index in [-0.39, 0.29) is 17.8 Å². The van der Waals surface area contributed by atoms with Gasteiger partial charge in [-0.05, 0) is 20.8 Å². The van der Waals surface area contributed by atoms with Gasteiger partial charge >= 0.3 is 0 Å². The molecular weight excluding hydrogens is 266 g/mol. The lowest BCUT2D eigenvalue weighted by atomic mass is 10.3. The van der Waals surface area contributed by atoms with Crippen LogP contribution in [-0.4, -0.2) is 49.7 Å². The topological polar surface area (TPSA) is 73.2 Å². The Hall–Kier alpha value is -1.08. The van der Waals surface area contributed by atoms with E-state index in [2.05, 4.69) is 10.3 Å². The molecule has 0 saturated heterocycles. The molecule has 2 atom stereocenters. The standard InChI is InChI=1S/C12H23N3O3S/c1-9-6-15(11(3)8-19(5,16)17)12(13-9)14-10(2)7-18-4/h6,10-11H,7-8H2,1-5H3,(H,13,14). The van der Waals surface area contributed by atoms with Gasteiger partial charge in [0, 0.05) is 31.6 Å². The van der Waals surface area contributed by atoms with Gasteiger partial charge < -0.3 is 14.6 Å². The van der Waals surface area contributed by atoms with Crippen LogP contribution in [0.2, 0.25) is 0 Å². The van der Waals surface area contributed by atoms with Gasteiger partial charge in [0.2, 0.25) is 5.95 Å². The van der Waals surface area contributed by atoms with Crippen LogP contribution in [0, 0.1) is 6.92 Å². The Labute approximate surface area is 115 Å². The first-order valence-corrected chi connectivity index (χ1v) is 8.27. The van der Waals surface area contributed by atoms with Crippen molar-refractivity contribution in [2.75, 3.05) is 31.0 Å². The van der Waals surface area contributed by atoms with Crippen molar-refractivity contribution in [1.29, 1.82) is 0 Å². The molecule has 110 valence electrons. The van der Waals surface area contributed by atoms with Gasteiger partial charge in [-0.2, -0.15) is 0 Å². The molecule has 0 aliphatic carbocycles. The van der Waals surface area contributed by atoms with Gasteiger partial charge in [0.1, 0.15) is 9.84 Å². The van der Waals surface area contributed by atoms with Gasteiger partial charge in [0.05, 0.1) is 18.1 Å². The Morgan fingerprint density at radius 3 is 2.63 bits per heavy atom. The minimum absolute atomic E-state index is 0.0934. The molecule has 0 aromatic carbocycles. The monoisotopic (exact) mass is 289 g/mol. The van der Waals surface area contributed by atoms with E-state index >= 15 is 0 Å². The molecule has 0 fully saturated rings. The van der Waals surface area contributed by atoms with Crippen molar-refractivity contribution >= 4 is 15.8 Å². The fourth-order valence-corrected chi connectivity index (χ4v) is 3.03. The van der Waals surface area contributed by atoms with Gasteiger partial charge in [-0.25, -0.2) is 13.4 Å². The van der Waals surface area contributed by atoms with E-state index in [0.717, 1.165) is 5.69 Å². The van der Waals surface area contributed by atoms with Crippen LogP contribution in [0.15, 0.2) is 6.20 Å². The van der Waals surface area contributed by atoms with Crippen LogP contribution in [0.5, 0.6) is 0 Å². The number of methoxy groups -OCH3 is 1. The van der Waals surface area contributed by atoms with Gasteiger partial charge in [-0.3, -0.25) is 0 Å².